The third-order valence-electron chi connectivity index (χ3n) is 3.55. The molecule has 1 aromatic heterocycles. The number of rotatable bonds is 4. The number of H-pyrrole nitrogens is 2. The molecule has 0 saturated heterocycles. The standard InChI is InChI=1S/C17H15N3O3S/c1-10-5-2-3-8-13(10)24-9-14(21)18-12-7-4-6-11-15(12)17(23)20-19-16(11)22/h2-8H,9H2,1H3,(H,18,21)(H,19,22)(H,20,23). The number of aromatic nitrogens is 2. The molecule has 24 heavy (non-hydrogen) atoms. The fourth-order valence-corrected chi connectivity index (χ4v) is 3.21. The van der Waals surface area contributed by atoms with Crippen molar-refractivity contribution < 1.29 is 4.79 Å². The third kappa shape index (κ3) is 3.26. The first kappa shape index (κ1) is 16.1. The van der Waals surface area contributed by atoms with E-state index < -0.39 is 11.1 Å². The van der Waals surface area contributed by atoms with Crippen LogP contribution < -0.4 is 16.4 Å². The molecule has 0 unspecified atom stereocenters. The van der Waals surface area contributed by atoms with Crippen molar-refractivity contribution >= 4 is 34.1 Å². The quantitative estimate of drug-likeness (QED) is 0.634. The highest BCUT2D eigenvalue weighted by Gasteiger charge is 2.11. The largest absolute Gasteiger partial charge is 0.325 e. The number of thioether (sulfide) groups is 1. The van der Waals surface area contributed by atoms with Crippen molar-refractivity contribution in [1.29, 1.82) is 0 Å². The summed E-state index contributed by atoms with van der Waals surface area (Å²) < 4.78 is 0. The van der Waals surface area contributed by atoms with Gasteiger partial charge in [-0.2, -0.15) is 0 Å². The fraction of sp³-hybridized carbons (Fsp3) is 0.118. The Morgan fingerprint density at radius 2 is 1.79 bits per heavy atom. The van der Waals surface area contributed by atoms with E-state index in [1.807, 2.05) is 31.2 Å². The zero-order valence-electron chi connectivity index (χ0n) is 12.9. The van der Waals surface area contributed by atoms with Gasteiger partial charge in [-0.3, -0.25) is 24.6 Å². The first-order valence-corrected chi connectivity index (χ1v) is 8.27. The van der Waals surface area contributed by atoms with Gasteiger partial charge in [0.2, 0.25) is 5.91 Å². The number of hydrogen-bond donors (Lipinski definition) is 3. The molecule has 122 valence electrons. The van der Waals surface area contributed by atoms with E-state index in [0.29, 0.717) is 5.69 Å². The lowest BCUT2D eigenvalue weighted by Crippen LogP contribution is -2.22. The van der Waals surface area contributed by atoms with Gasteiger partial charge < -0.3 is 5.32 Å². The summed E-state index contributed by atoms with van der Waals surface area (Å²) in [6.07, 6.45) is 0. The maximum atomic E-state index is 12.2. The highest BCUT2D eigenvalue weighted by Crippen LogP contribution is 2.22. The number of amides is 1. The SMILES string of the molecule is Cc1ccccc1SCC(=O)Nc1cccc2c(=O)[nH][nH]c(=O)c12. The molecule has 0 spiro atoms. The van der Waals surface area contributed by atoms with Gasteiger partial charge in [-0.1, -0.05) is 24.3 Å². The Hall–Kier alpha value is -2.80. The van der Waals surface area contributed by atoms with Crippen LogP contribution in [0, 0.1) is 6.92 Å². The van der Waals surface area contributed by atoms with E-state index in [9.17, 15) is 14.4 Å². The molecular weight excluding hydrogens is 326 g/mol. The predicted octanol–water partition coefficient (Wildman–Crippen LogP) is 2.26. The molecule has 3 N–H and O–H groups in total. The van der Waals surface area contributed by atoms with Gasteiger partial charge in [-0.15, -0.1) is 11.8 Å². The van der Waals surface area contributed by atoms with Gasteiger partial charge in [0.15, 0.2) is 0 Å². The van der Waals surface area contributed by atoms with Crippen molar-refractivity contribution in [1.82, 2.24) is 10.2 Å². The van der Waals surface area contributed by atoms with Gasteiger partial charge in [0.1, 0.15) is 0 Å². The molecule has 0 fully saturated rings. The maximum Gasteiger partial charge on any atom is 0.272 e. The Morgan fingerprint density at radius 1 is 1.04 bits per heavy atom. The minimum atomic E-state index is -0.452. The van der Waals surface area contributed by atoms with Gasteiger partial charge in [0.05, 0.1) is 22.2 Å². The van der Waals surface area contributed by atoms with Crippen molar-refractivity contribution in [2.24, 2.45) is 0 Å². The molecule has 7 heteroatoms. The molecule has 0 aliphatic heterocycles. The van der Waals surface area contributed by atoms with Crippen LogP contribution in [0.25, 0.3) is 10.8 Å². The number of aromatic amines is 2. The van der Waals surface area contributed by atoms with Crippen molar-refractivity contribution in [3.05, 3.63) is 68.7 Å². The number of benzene rings is 2. The van der Waals surface area contributed by atoms with Gasteiger partial charge in [-0.05, 0) is 30.7 Å². The number of anilines is 1. The van der Waals surface area contributed by atoms with Crippen molar-refractivity contribution in [3.63, 3.8) is 0 Å². The molecule has 6 nitrogen and oxygen atoms in total. The average Bonchev–Trinajstić information content (AvgIpc) is 2.57. The number of carbonyl (C=O) groups is 1. The summed E-state index contributed by atoms with van der Waals surface area (Å²) >= 11 is 1.42. The summed E-state index contributed by atoms with van der Waals surface area (Å²) in [5, 5.41) is 7.66. The van der Waals surface area contributed by atoms with Crippen LogP contribution in [0.4, 0.5) is 5.69 Å². The van der Waals surface area contributed by atoms with Crippen LogP contribution in [0.15, 0.2) is 56.9 Å². The number of fused-ring (bicyclic) bond motifs is 1. The summed E-state index contributed by atoms with van der Waals surface area (Å²) in [6, 6.07) is 12.6. The molecule has 3 aromatic rings. The van der Waals surface area contributed by atoms with Crippen LogP contribution in [0.3, 0.4) is 0 Å². The van der Waals surface area contributed by atoms with E-state index in [4.69, 9.17) is 0 Å². The monoisotopic (exact) mass is 341 g/mol. The number of hydrogen-bond acceptors (Lipinski definition) is 4. The molecular formula is C17H15N3O3S. The van der Waals surface area contributed by atoms with Crippen molar-refractivity contribution in [3.8, 4) is 0 Å². The molecule has 0 saturated carbocycles. The van der Waals surface area contributed by atoms with Gasteiger partial charge in [-0.25, -0.2) is 0 Å². The average molecular weight is 341 g/mol. The molecule has 1 amide bonds. The van der Waals surface area contributed by atoms with Crippen LogP contribution in [-0.4, -0.2) is 21.9 Å². The third-order valence-corrected chi connectivity index (χ3v) is 4.73. The van der Waals surface area contributed by atoms with Crippen LogP contribution in [0.5, 0.6) is 0 Å². The lowest BCUT2D eigenvalue weighted by molar-refractivity contribution is -0.113. The number of nitrogens with one attached hydrogen (secondary N) is 3. The van der Waals surface area contributed by atoms with Crippen LogP contribution in [-0.2, 0) is 4.79 Å². The van der Waals surface area contributed by atoms with Crippen LogP contribution >= 0.6 is 11.8 Å². The molecule has 3 rings (SSSR count). The molecule has 0 bridgehead atoms. The van der Waals surface area contributed by atoms with Crippen molar-refractivity contribution in [2.75, 3.05) is 11.1 Å². The molecule has 2 aromatic carbocycles. The summed E-state index contributed by atoms with van der Waals surface area (Å²) in [5.74, 6) is -0.0297. The summed E-state index contributed by atoms with van der Waals surface area (Å²) in [5.41, 5.74) is 0.570. The molecule has 0 aliphatic rings. The first-order valence-electron chi connectivity index (χ1n) is 7.28. The zero-order chi connectivity index (χ0) is 17.1. The summed E-state index contributed by atoms with van der Waals surface area (Å²) in [7, 11) is 0. The Kier molecular flexibility index (Phi) is 4.52. The van der Waals surface area contributed by atoms with Gasteiger partial charge >= 0.3 is 0 Å². The predicted molar refractivity (Wildman–Crippen MR) is 95.7 cm³/mol. The zero-order valence-corrected chi connectivity index (χ0v) is 13.7. The number of carbonyl (C=O) groups excluding carboxylic acids is 1. The normalized spacial score (nSPS) is 10.7. The summed E-state index contributed by atoms with van der Waals surface area (Å²) in [6.45, 7) is 1.98. The minimum Gasteiger partial charge on any atom is -0.325 e. The second kappa shape index (κ2) is 6.76. The first-order chi connectivity index (χ1) is 11.6. The van der Waals surface area contributed by atoms with E-state index >= 15 is 0 Å². The van der Waals surface area contributed by atoms with Gasteiger partial charge in [0.25, 0.3) is 11.1 Å². The Labute approximate surface area is 141 Å². The Bertz CT molecular complexity index is 1020. The van der Waals surface area contributed by atoms with Crippen LogP contribution in [0.1, 0.15) is 5.56 Å². The fourth-order valence-electron chi connectivity index (χ4n) is 2.38. The Balaban J connectivity index is 1.82. The minimum absolute atomic E-state index is 0.176. The molecule has 0 aliphatic carbocycles. The molecule has 0 atom stereocenters. The van der Waals surface area contributed by atoms with E-state index in [-0.39, 0.29) is 22.4 Å². The summed E-state index contributed by atoms with van der Waals surface area (Å²) in [4.78, 5) is 37.0. The van der Waals surface area contributed by atoms with E-state index in [1.54, 1.807) is 18.2 Å². The number of aryl methyl sites for hydroxylation is 1. The lowest BCUT2D eigenvalue weighted by atomic mass is 10.1. The van der Waals surface area contributed by atoms with Gasteiger partial charge in [0, 0.05) is 4.90 Å². The Morgan fingerprint density at radius 3 is 2.58 bits per heavy atom. The second-order valence-corrected chi connectivity index (χ2v) is 6.26. The van der Waals surface area contributed by atoms with E-state index in [2.05, 4.69) is 15.5 Å². The topological polar surface area (TPSA) is 94.8 Å². The lowest BCUT2D eigenvalue weighted by Gasteiger charge is -2.08. The second-order valence-electron chi connectivity index (χ2n) is 5.24. The van der Waals surface area contributed by atoms with Crippen molar-refractivity contribution in [2.45, 2.75) is 11.8 Å². The highest BCUT2D eigenvalue weighted by atomic mass is 32.2. The molecule has 0 radical (unpaired) electrons. The van der Waals surface area contributed by atoms with E-state index in [1.165, 1.54) is 11.8 Å². The maximum absolute atomic E-state index is 12.2. The smallest absolute Gasteiger partial charge is 0.272 e. The van der Waals surface area contributed by atoms with Crippen LogP contribution in [0.2, 0.25) is 0 Å². The van der Waals surface area contributed by atoms with E-state index in [0.717, 1.165) is 10.5 Å². The highest BCUT2D eigenvalue weighted by molar-refractivity contribution is 8.00. The molecule has 1 heterocycles.